The summed E-state index contributed by atoms with van der Waals surface area (Å²) in [5.74, 6) is 0.443. The Bertz CT molecular complexity index is 641. The van der Waals surface area contributed by atoms with Gasteiger partial charge in [0.2, 0.25) is 0 Å². The molecule has 1 amide bonds. The molecule has 2 aromatic rings. The number of anilines is 1. The van der Waals surface area contributed by atoms with Gasteiger partial charge in [-0.1, -0.05) is 33.6 Å². The first-order chi connectivity index (χ1) is 9.95. The van der Waals surface area contributed by atoms with Crippen molar-refractivity contribution in [3.05, 3.63) is 57.0 Å². The van der Waals surface area contributed by atoms with E-state index in [0.29, 0.717) is 5.75 Å². The van der Waals surface area contributed by atoms with Crippen LogP contribution in [0, 0.1) is 6.92 Å². The zero-order valence-corrected chi connectivity index (χ0v) is 14.9. The van der Waals surface area contributed by atoms with E-state index in [-0.39, 0.29) is 5.91 Å². The average molecular weight is 413 g/mol. The second-order valence-electron chi connectivity index (χ2n) is 4.69. The summed E-state index contributed by atoms with van der Waals surface area (Å²) >= 11 is 6.79. The van der Waals surface area contributed by atoms with Crippen molar-refractivity contribution >= 4 is 43.5 Å². The molecular weight excluding hydrogens is 398 g/mol. The van der Waals surface area contributed by atoms with E-state index in [4.69, 9.17) is 4.74 Å². The lowest BCUT2D eigenvalue weighted by molar-refractivity contribution is -0.122. The van der Waals surface area contributed by atoms with E-state index >= 15 is 0 Å². The summed E-state index contributed by atoms with van der Waals surface area (Å²) < 4.78 is 7.42. The van der Waals surface area contributed by atoms with Gasteiger partial charge in [0, 0.05) is 10.2 Å². The van der Waals surface area contributed by atoms with Crippen LogP contribution in [0.4, 0.5) is 5.69 Å². The third kappa shape index (κ3) is 4.58. The molecule has 3 nitrogen and oxygen atoms in total. The Hall–Kier alpha value is -1.33. The monoisotopic (exact) mass is 411 g/mol. The van der Waals surface area contributed by atoms with Gasteiger partial charge in [-0.2, -0.15) is 0 Å². The molecule has 0 saturated carbocycles. The second-order valence-corrected chi connectivity index (χ2v) is 6.46. The van der Waals surface area contributed by atoms with Crippen molar-refractivity contribution in [3.63, 3.8) is 0 Å². The van der Waals surface area contributed by atoms with Gasteiger partial charge >= 0.3 is 0 Å². The number of carbonyl (C=O) groups excluding carboxylic acids is 1. The van der Waals surface area contributed by atoms with E-state index in [1.165, 1.54) is 0 Å². The van der Waals surface area contributed by atoms with Crippen LogP contribution >= 0.6 is 31.9 Å². The summed E-state index contributed by atoms with van der Waals surface area (Å²) in [5.41, 5.74) is 1.91. The summed E-state index contributed by atoms with van der Waals surface area (Å²) in [6.07, 6.45) is -0.594. The number of rotatable bonds is 4. The predicted octanol–water partition coefficient (Wildman–Crippen LogP) is 4.93. The molecule has 0 heterocycles. The summed E-state index contributed by atoms with van der Waals surface area (Å²) in [4.78, 5) is 12.1. The van der Waals surface area contributed by atoms with Crippen molar-refractivity contribution in [2.24, 2.45) is 0 Å². The first-order valence-electron chi connectivity index (χ1n) is 6.45. The van der Waals surface area contributed by atoms with Gasteiger partial charge in [0.05, 0.1) is 4.47 Å². The number of carbonyl (C=O) groups is 1. The van der Waals surface area contributed by atoms with Crippen LogP contribution in [-0.4, -0.2) is 12.0 Å². The van der Waals surface area contributed by atoms with Gasteiger partial charge in [0.15, 0.2) is 6.10 Å². The highest BCUT2D eigenvalue weighted by atomic mass is 79.9. The maximum Gasteiger partial charge on any atom is 0.265 e. The molecule has 1 atom stereocenters. The predicted molar refractivity (Wildman–Crippen MR) is 91.7 cm³/mol. The highest BCUT2D eigenvalue weighted by Crippen LogP contribution is 2.29. The maximum absolute atomic E-state index is 12.1. The molecule has 0 aliphatic carbocycles. The number of ether oxygens (including phenoxy) is 1. The SMILES string of the molecule is Cc1ccc(NC(=O)C(C)Oc2ccc(Br)cc2Br)cc1. The van der Waals surface area contributed by atoms with Gasteiger partial charge in [0.25, 0.3) is 5.91 Å². The fraction of sp³-hybridized carbons (Fsp3) is 0.188. The quantitative estimate of drug-likeness (QED) is 0.773. The number of nitrogens with one attached hydrogen (secondary N) is 1. The number of halogens is 2. The number of amides is 1. The van der Waals surface area contributed by atoms with Gasteiger partial charge in [-0.15, -0.1) is 0 Å². The van der Waals surface area contributed by atoms with E-state index < -0.39 is 6.10 Å². The number of hydrogen-bond donors (Lipinski definition) is 1. The van der Waals surface area contributed by atoms with Crippen LogP contribution in [0.15, 0.2) is 51.4 Å². The summed E-state index contributed by atoms with van der Waals surface area (Å²) in [7, 11) is 0. The molecule has 0 spiro atoms. The molecule has 0 aromatic heterocycles. The van der Waals surface area contributed by atoms with E-state index in [9.17, 15) is 4.79 Å². The van der Waals surface area contributed by atoms with Gasteiger partial charge < -0.3 is 10.1 Å². The van der Waals surface area contributed by atoms with Crippen LogP contribution in [0.25, 0.3) is 0 Å². The molecule has 21 heavy (non-hydrogen) atoms. The zero-order valence-electron chi connectivity index (χ0n) is 11.7. The fourth-order valence-electron chi connectivity index (χ4n) is 1.70. The Morgan fingerprint density at radius 2 is 1.81 bits per heavy atom. The molecule has 2 rings (SSSR count). The molecule has 1 N–H and O–H groups in total. The van der Waals surface area contributed by atoms with Crippen molar-refractivity contribution in [2.75, 3.05) is 5.32 Å². The van der Waals surface area contributed by atoms with Gasteiger partial charge in [-0.3, -0.25) is 4.79 Å². The van der Waals surface area contributed by atoms with Crippen LogP contribution in [0.2, 0.25) is 0 Å². The van der Waals surface area contributed by atoms with Crippen molar-refractivity contribution < 1.29 is 9.53 Å². The van der Waals surface area contributed by atoms with Crippen LogP contribution in [0.1, 0.15) is 12.5 Å². The Morgan fingerprint density at radius 3 is 2.43 bits per heavy atom. The molecule has 0 fully saturated rings. The smallest absolute Gasteiger partial charge is 0.265 e. The second kappa shape index (κ2) is 7.09. The highest BCUT2D eigenvalue weighted by molar-refractivity contribution is 9.11. The van der Waals surface area contributed by atoms with Crippen molar-refractivity contribution in [1.29, 1.82) is 0 Å². The lowest BCUT2D eigenvalue weighted by Gasteiger charge is -2.16. The fourth-order valence-corrected chi connectivity index (χ4v) is 2.84. The maximum atomic E-state index is 12.1. The third-order valence-electron chi connectivity index (χ3n) is 2.89. The topological polar surface area (TPSA) is 38.3 Å². The Kier molecular flexibility index (Phi) is 5.42. The van der Waals surface area contributed by atoms with Crippen LogP contribution in [0.3, 0.4) is 0 Å². The largest absolute Gasteiger partial charge is 0.480 e. The molecule has 5 heteroatoms. The van der Waals surface area contributed by atoms with E-state index in [0.717, 1.165) is 20.2 Å². The number of aryl methyl sites for hydroxylation is 1. The van der Waals surface area contributed by atoms with Crippen molar-refractivity contribution in [2.45, 2.75) is 20.0 Å². The van der Waals surface area contributed by atoms with Crippen LogP contribution < -0.4 is 10.1 Å². The lowest BCUT2D eigenvalue weighted by Crippen LogP contribution is -2.30. The van der Waals surface area contributed by atoms with Gasteiger partial charge in [0.1, 0.15) is 5.75 Å². The number of hydrogen-bond acceptors (Lipinski definition) is 2. The molecule has 110 valence electrons. The minimum absolute atomic E-state index is 0.186. The van der Waals surface area contributed by atoms with Crippen molar-refractivity contribution in [3.8, 4) is 5.75 Å². The zero-order chi connectivity index (χ0) is 15.4. The molecule has 0 saturated heterocycles. The average Bonchev–Trinajstić information content (AvgIpc) is 2.44. The van der Waals surface area contributed by atoms with Gasteiger partial charge in [-0.05, 0) is 60.1 Å². The normalized spacial score (nSPS) is 11.8. The molecular formula is C16H15Br2NO2. The molecule has 0 bridgehead atoms. The van der Waals surface area contributed by atoms with Crippen LogP contribution in [-0.2, 0) is 4.79 Å². The molecule has 2 aromatic carbocycles. The van der Waals surface area contributed by atoms with E-state index in [1.807, 2.05) is 49.4 Å². The van der Waals surface area contributed by atoms with E-state index in [2.05, 4.69) is 37.2 Å². The van der Waals surface area contributed by atoms with Crippen LogP contribution in [0.5, 0.6) is 5.75 Å². The molecule has 0 aliphatic heterocycles. The highest BCUT2D eigenvalue weighted by Gasteiger charge is 2.16. The molecule has 1 unspecified atom stereocenters. The summed E-state index contributed by atoms with van der Waals surface area (Å²) in [5, 5.41) is 2.83. The molecule has 0 radical (unpaired) electrons. The standard InChI is InChI=1S/C16H15Br2NO2/c1-10-3-6-13(7-4-10)19-16(20)11(2)21-15-8-5-12(17)9-14(15)18/h3-9,11H,1-2H3,(H,19,20). The van der Waals surface area contributed by atoms with Gasteiger partial charge in [-0.25, -0.2) is 0 Å². The first-order valence-corrected chi connectivity index (χ1v) is 8.03. The van der Waals surface area contributed by atoms with E-state index in [1.54, 1.807) is 6.92 Å². The Morgan fingerprint density at radius 1 is 1.14 bits per heavy atom. The Labute approximate surface area is 141 Å². The third-order valence-corrected chi connectivity index (χ3v) is 4.00. The number of benzene rings is 2. The molecule has 0 aliphatic rings. The minimum Gasteiger partial charge on any atom is -0.480 e. The Balaban J connectivity index is 2.00. The minimum atomic E-state index is -0.594. The summed E-state index contributed by atoms with van der Waals surface area (Å²) in [6.45, 7) is 3.72. The summed E-state index contributed by atoms with van der Waals surface area (Å²) in [6, 6.07) is 13.2. The first kappa shape index (κ1) is 16.0. The lowest BCUT2D eigenvalue weighted by atomic mass is 10.2. The van der Waals surface area contributed by atoms with Crippen molar-refractivity contribution in [1.82, 2.24) is 0 Å².